The van der Waals surface area contributed by atoms with Crippen LogP contribution in [0.15, 0.2) is 73.2 Å². The molecule has 0 radical (unpaired) electrons. The average molecular weight is 453 g/mol. The molecular weight excluding hydrogens is 424 g/mol. The third-order valence-corrected chi connectivity index (χ3v) is 6.36. The summed E-state index contributed by atoms with van der Waals surface area (Å²) in [5.41, 5.74) is 5.90. The highest BCUT2D eigenvalue weighted by Gasteiger charge is 2.27. The molecule has 1 aliphatic heterocycles. The van der Waals surface area contributed by atoms with Gasteiger partial charge in [0.2, 0.25) is 5.95 Å². The molecule has 0 spiro atoms. The van der Waals surface area contributed by atoms with Crippen molar-refractivity contribution in [2.75, 3.05) is 31.1 Å². The number of hydrogen-bond acceptors (Lipinski definition) is 5. The molecule has 1 fully saturated rings. The summed E-state index contributed by atoms with van der Waals surface area (Å²) in [5, 5.41) is 4.86. The second-order valence-electron chi connectivity index (χ2n) is 8.70. The summed E-state index contributed by atoms with van der Waals surface area (Å²) in [4.78, 5) is 26.4. The molecule has 1 amide bonds. The van der Waals surface area contributed by atoms with Crippen molar-refractivity contribution in [3.8, 4) is 11.3 Å². The molecule has 0 bridgehead atoms. The minimum Gasteiger partial charge on any atom is -0.337 e. The summed E-state index contributed by atoms with van der Waals surface area (Å²) >= 11 is 0. The molecule has 1 aliphatic rings. The molecule has 0 unspecified atom stereocenters. The molecule has 1 saturated heterocycles. The molecule has 4 aromatic rings. The van der Waals surface area contributed by atoms with Crippen molar-refractivity contribution in [2.45, 2.75) is 20.4 Å². The minimum absolute atomic E-state index is 0.0150. The number of piperazine rings is 1. The normalized spacial score (nSPS) is 13.8. The van der Waals surface area contributed by atoms with Gasteiger partial charge in [-0.3, -0.25) is 9.48 Å². The van der Waals surface area contributed by atoms with Gasteiger partial charge in [-0.15, -0.1) is 0 Å². The maximum Gasteiger partial charge on any atom is 0.257 e. The van der Waals surface area contributed by atoms with Gasteiger partial charge >= 0.3 is 0 Å². The second kappa shape index (κ2) is 9.47. The van der Waals surface area contributed by atoms with Crippen molar-refractivity contribution in [1.29, 1.82) is 0 Å². The highest BCUT2D eigenvalue weighted by atomic mass is 16.2. The standard InChI is InChI=1S/C27H28N6O/c1-20-9-10-23(17-21(20)2)25-24(19-33(30-25)18-22-7-4-3-5-8-22)26(34)31-13-15-32(16-14-31)27-28-11-6-12-29-27/h3-12,17,19H,13-16,18H2,1-2H3. The van der Waals surface area contributed by atoms with E-state index >= 15 is 0 Å². The lowest BCUT2D eigenvalue weighted by atomic mass is 10.0. The smallest absolute Gasteiger partial charge is 0.257 e. The van der Waals surface area contributed by atoms with Crippen LogP contribution in [0.3, 0.4) is 0 Å². The van der Waals surface area contributed by atoms with Gasteiger partial charge in [-0.2, -0.15) is 5.10 Å². The van der Waals surface area contributed by atoms with Gasteiger partial charge in [0.25, 0.3) is 5.91 Å². The lowest BCUT2D eigenvalue weighted by molar-refractivity contribution is 0.0747. The number of aryl methyl sites for hydroxylation is 2. The van der Waals surface area contributed by atoms with Crippen LogP contribution in [0.1, 0.15) is 27.0 Å². The number of carbonyl (C=O) groups is 1. The summed E-state index contributed by atoms with van der Waals surface area (Å²) in [5.74, 6) is 0.724. The molecule has 0 atom stereocenters. The van der Waals surface area contributed by atoms with Crippen molar-refractivity contribution in [3.63, 3.8) is 0 Å². The highest BCUT2D eigenvalue weighted by molar-refractivity contribution is 6.00. The zero-order valence-corrected chi connectivity index (χ0v) is 19.6. The average Bonchev–Trinajstić information content (AvgIpc) is 3.30. The van der Waals surface area contributed by atoms with Crippen molar-refractivity contribution >= 4 is 11.9 Å². The SMILES string of the molecule is Cc1ccc(-c2nn(Cc3ccccc3)cc2C(=O)N2CCN(c3ncccn3)CC2)cc1C. The molecule has 7 heteroatoms. The number of rotatable bonds is 5. The van der Waals surface area contributed by atoms with E-state index in [1.807, 2.05) is 40.0 Å². The molecule has 2 aromatic heterocycles. The fourth-order valence-electron chi connectivity index (χ4n) is 4.27. The summed E-state index contributed by atoms with van der Waals surface area (Å²) < 4.78 is 1.88. The third kappa shape index (κ3) is 4.55. The molecule has 0 saturated carbocycles. The summed E-state index contributed by atoms with van der Waals surface area (Å²) in [7, 11) is 0. The zero-order valence-electron chi connectivity index (χ0n) is 19.6. The molecule has 34 heavy (non-hydrogen) atoms. The van der Waals surface area contributed by atoms with Gasteiger partial charge in [0.15, 0.2) is 0 Å². The number of hydrogen-bond donors (Lipinski definition) is 0. The number of anilines is 1. The number of nitrogens with zero attached hydrogens (tertiary/aromatic N) is 6. The van der Waals surface area contributed by atoms with Crippen LogP contribution in [-0.2, 0) is 6.54 Å². The van der Waals surface area contributed by atoms with E-state index in [-0.39, 0.29) is 5.91 Å². The molecule has 0 aliphatic carbocycles. The largest absolute Gasteiger partial charge is 0.337 e. The van der Waals surface area contributed by atoms with Crippen LogP contribution in [0.5, 0.6) is 0 Å². The van der Waals surface area contributed by atoms with Gasteiger partial charge < -0.3 is 9.80 Å². The Morgan fingerprint density at radius 2 is 1.62 bits per heavy atom. The first-order valence-electron chi connectivity index (χ1n) is 11.6. The van der Waals surface area contributed by atoms with Crippen LogP contribution in [0.2, 0.25) is 0 Å². The van der Waals surface area contributed by atoms with Gasteiger partial charge in [0, 0.05) is 50.3 Å². The fourth-order valence-corrected chi connectivity index (χ4v) is 4.27. The van der Waals surface area contributed by atoms with E-state index in [9.17, 15) is 4.79 Å². The van der Waals surface area contributed by atoms with Crippen molar-refractivity contribution in [3.05, 3.63) is 95.4 Å². The van der Waals surface area contributed by atoms with Crippen molar-refractivity contribution in [1.82, 2.24) is 24.6 Å². The Hall–Kier alpha value is -4.00. The van der Waals surface area contributed by atoms with Gasteiger partial charge in [-0.25, -0.2) is 9.97 Å². The van der Waals surface area contributed by atoms with Crippen LogP contribution >= 0.6 is 0 Å². The predicted molar refractivity (Wildman–Crippen MR) is 133 cm³/mol. The van der Waals surface area contributed by atoms with Gasteiger partial charge in [0.1, 0.15) is 5.69 Å². The Balaban J connectivity index is 1.42. The van der Waals surface area contributed by atoms with E-state index in [0.29, 0.717) is 44.2 Å². The molecular formula is C27H28N6O. The maximum absolute atomic E-state index is 13.7. The Labute approximate surface area is 199 Å². The fraction of sp³-hybridized carbons (Fsp3) is 0.259. The monoisotopic (exact) mass is 452 g/mol. The van der Waals surface area contributed by atoms with E-state index in [2.05, 4.69) is 59.0 Å². The van der Waals surface area contributed by atoms with Gasteiger partial charge in [0.05, 0.1) is 12.1 Å². The first kappa shape index (κ1) is 21.8. The van der Waals surface area contributed by atoms with E-state index in [1.54, 1.807) is 12.4 Å². The minimum atomic E-state index is 0.0150. The topological polar surface area (TPSA) is 67.2 Å². The lowest BCUT2D eigenvalue weighted by Gasteiger charge is -2.34. The molecule has 3 heterocycles. The highest BCUT2D eigenvalue weighted by Crippen LogP contribution is 2.26. The van der Waals surface area contributed by atoms with Gasteiger partial charge in [-0.1, -0.05) is 42.5 Å². The van der Waals surface area contributed by atoms with Crippen LogP contribution in [0, 0.1) is 13.8 Å². The Morgan fingerprint density at radius 3 is 2.32 bits per heavy atom. The summed E-state index contributed by atoms with van der Waals surface area (Å²) in [6.07, 6.45) is 5.39. The lowest BCUT2D eigenvalue weighted by Crippen LogP contribution is -2.49. The molecule has 0 N–H and O–H groups in total. The van der Waals surface area contributed by atoms with Gasteiger partial charge in [-0.05, 0) is 42.7 Å². The summed E-state index contributed by atoms with van der Waals surface area (Å²) in [6.45, 7) is 7.44. The van der Waals surface area contributed by atoms with Crippen LogP contribution in [0.4, 0.5) is 5.95 Å². The Bertz CT molecular complexity index is 1280. The molecule has 5 rings (SSSR count). The van der Waals surface area contributed by atoms with Crippen LogP contribution in [-0.4, -0.2) is 56.7 Å². The van der Waals surface area contributed by atoms with Crippen molar-refractivity contribution < 1.29 is 4.79 Å². The Morgan fingerprint density at radius 1 is 0.882 bits per heavy atom. The van der Waals surface area contributed by atoms with E-state index in [1.165, 1.54) is 11.1 Å². The van der Waals surface area contributed by atoms with E-state index < -0.39 is 0 Å². The molecule has 7 nitrogen and oxygen atoms in total. The maximum atomic E-state index is 13.7. The molecule has 172 valence electrons. The van der Waals surface area contributed by atoms with Crippen LogP contribution in [0.25, 0.3) is 11.3 Å². The number of carbonyl (C=O) groups excluding carboxylic acids is 1. The van der Waals surface area contributed by atoms with E-state index in [0.717, 1.165) is 16.8 Å². The predicted octanol–water partition coefficient (Wildman–Crippen LogP) is 3.97. The Kier molecular flexibility index (Phi) is 6.08. The zero-order chi connectivity index (χ0) is 23.5. The van der Waals surface area contributed by atoms with Crippen LogP contribution < -0.4 is 4.90 Å². The number of amides is 1. The quantitative estimate of drug-likeness (QED) is 0.458. The summed E-state index contributed by atoms with van der Waals surface area (Å²) in [6, 6.07) is 18.3. The van der Waals surface area contributed by atoms with E-state index in [4.69, 9.17) is 5.10 Å². The first-order valence-corrected chi connectivity index (χ1v) is 11.6. The molecule has 2 aromatic carbocycles. The first-order chi connectivity index (χ1) is 16.6. The number of benzene rings is 2. The number of aromatic nitrogens is 4. The third-order valence-electron chi connectivity index (χ3n) is 6.36. The second-order valence-corrected chi connectivity index (χ2v) is 8.70. The van der Waals surface area contributed by atoms with Crippen molar-refractivity contribution in [2.24, 2.45) is 0 Å².